The van der Waals surface area contributed by atoms with Gasteiger partial charge >= 0.3 is 5.97 Å². The van der Waals surface area contributed by atoms with Crippen LogP contribution in [0.5, 0.6) is 0 Å². The van der Waals surface area contributed by atoms with E-state index < -0.39 is 12.0 Å². The van der Waals surface area contributed by atoms with Crippen LogP contribution < -0.4 is 0 Å². The van der Waals surface area contributed by atoms with E-state index in [1.165, 1.54) is 4.90 Å². The number of carbonyl (C=O) groups excluding carboxylic acids is 1. The quantitative estimate of drug-likeness (QED) is 0.926. The molecule has 1 aromatic rings. The van der Waals surface area contributed by atoms with Crippen molar-refractivity contribution in [3.05, 3.63) is 34.9 Å². The fraction of sp³-hybridized carbons (Fsp3) is 0.429. The number of aliphatic carboxylic acids is 1. The smallest absolute Gasteiger partial charge is 0.326 e. The predicted molar refractivity (Wildman–Crippen MR) is 72.2 cm³/mol. The summed E-state index contributed by atoms with van der Waals surface area (Å²) in [6.07, 6.45) is 1.27. The van der Waals surface area contributed by atoms with Crippen molar-refractivity contribution < 1.29 is 14.7 Å². The molecule has 0 radical (unpaired) electrons. The maximum absolute atomic E-state index is 12.4. The number of likely N-dealkylation sites (tertiary alicyclic amines) is 1. The van der Waals surface area contributed by atoms with Gasteiger partial charge in [0.25, 0.3) is 0 Å². The van der Waals surface area contributed by atoms with Crippen molar-refractivity contribution in [3.63, 3.8) is 0 Å². The highest BCUT2D eigenvalue weighted by Gasteiger charge is 2.36. The van der Waals surface area contributed by atoms with Crippen molar-refractivity contribution in [2.45, 2.75) is 31.7 Å². The molecule has 0 aliphatic carbocycles. The molecule has 1 aromatic carbocycles. The molecular weight excluding hydrogens is 266 g/mol. The molecule has 1 fully saturated rings. The minimum absolute atomic E-state index is 0.146. The molecule has 2 atom stereocenters. The van der Waals surface area contributed by atoms with Gasteiger partial charge in [-0.15, -0.1) is 0 Å². The maximum atomic E-state index is 12.4. The molecule has 19 heavy (non-hydrogen) atoms. The molecular formula is C14H16ClNO3. The van der Waals surface area contributed by atoms with Gasteiger partial charge in [0.05, 0.1) is 5.92 Å². The van der Waals surface area contributed by atoms with Gasteiger partial charge in [-0.2, -0.15) is 0 Å². The Hall–Kier alpha value is -1.55. The van der Waals surface area contributed by atoms with Gasteiger partial charge in [0, 0.05) is 11.6 Å². The molecule has 102 valence electrons. The van der Waals surface area contributed by atoms with E-state index in [9.17, 15) is 9.59 Å². The Labute approximate surface area is 117 Å². The lowest BCUT2D eigenvalue weighted by Crippen LogP contribution is -2.42. The zero-order valence-electron chi connectivity index (χ0n) is 10.7. The summed E-state index contributed by atoms with van der Waals surface area (Å²) in [5.74, 6) is -1.45. The lowest BCUT2D eigenvalue weighted by Gasteiger charge is -2.25. The molecule has 0 bridgehead atoms. The Kier molecular flexibility index (Phi) is 4.10. The maximum Gasteiger partial charge on any atom is 0.326 e. The zero-order chi connectivity index (χ0) is 14.0. The average Bonchev–Trinajstić information content (AvgIpc) is 2.86. The van der Waals surface area contributed by atoms with Crippen molar-refractivity contribution in [2.75, 3.05) is 6.54 Å². The molecule has 4 nitrogen and oxygen atoms in total. The van der Waals surface area contributed by atoms with E-state index in [2.05, 4.69) is 0 Å². The van der Waals surface area contributed by atoms with Gasteiger partial charge in [0.1, 0.15) is 6.04 Å². The summed E-state index contributed by atoms with van der Waals surface area (Å²) < 4.78 is 0. The lowest BCUT2D eigenvalue weighted by atomic mass is 9.99. The predicted octanol–water partition coefficient (Wildman–Crippen LogP) is 2.52. The van der Waals surface area contributed by atoms with Crippen LogP contribution >= 0.6 is 11.6 Å². The van der Waals surface area contributed by atoms with Crippen LogP contribution in [0.3, 0.4) is 0 Å². The number of amides is 1. The summed E-state index contributed by atoms with van der Waals surface area (Å²) in [5.41, 5.74) is 0.813. The first-order valence-corrected chi connectivity index (χ1v) is 6.67. The normalized spacial score (nSPS) is 20.3. The fourth-order valence-corrected chi connectivity index (χ4v) is 2.65. The molecule has 1 N–H and O–H groups in total. The largest absolute Gasteiger partial charge is 0.480 e. The molecule has 1 heterocycles. The van der Waals surface area contributed by atoms with E-state index in [-0.39, 0.29) is 11.8 Å². The summed E-state index contributed by atoms with van der Waals surface area (Å²) in [6.45, 7) is 2.30. The van der Waals surface area contributed by atoms with Gasteiger partial charge in [-0.05, 0) is 37.5 Å². The topological polar surface area (TPSA) is 57.6 Å². The van der Waals surface area contributed by atoms with Crippen LogP contribution in [-0.2, 0) is 9.59 Å². The molecule has 1 saturated heterocycles. The molecule has 0 aromatic heterocycles. The summed E-state index contributed by atoms with van der Waals surface area (Å²) >= 11 is 5.91. The van der Waals surface area contributed by atoms with Crippen LogP contribution in [0.4, 0.5) is 0 Å². The lowest BCUT2D eigenvalue weighted by molar-refractivity contribution is -0.148. The highest BCUT2D eigenvalue weighted by atomic mass is 35.5. The van der Waals surface area contributed by atoms with E-state index in [1.54, 1.807) is 25.1 Å². The second-order valence-corrected chi connectivity index (χ2v) is 5.24. The minimum Gasteiger partial charge on any atom is -0.480 e. The number of halogens is 1. The number of hydrogen-bond donors (Lipinski definition) is 1. The molecule has 1 aliphatic rings. The summed E-state index contributed by atoms with van der Waals surface area (Å²) in [4.78, 5) is 25.0. The van der Waals surface area contributed by atoms with E-state index in [0.29, 0.717) is 18.0 Å². The Morgan fingerprint density at radius 3 is 2.84 bits per heavy atom. The number of carboxylic acid groups (broad SMARTS) is 1. The fourth-order valence-electron chi connectivity index (χ4n) is 2.45. The number of rotatable bonds is 3. The van der Waals surface area contributed by atoms with Gasteiger partial charge < -0.3 is 10.0 Å². The van der Waals surface area contributed by atoms with Crippen molar-refractivity contribution in [1.29, 1.82) is 0 Å². The Morgan fingerprint density at radius 2 is 2.21 bits per heavy atom. The highest BCUT2D eigenvalue weighted by Crippen LogP contribution is 2.26. The van der Waals surface area contributed by atoms with Crippen molar-refractivity contribution in [2.24, 2.45) is 0 Å². The van der Waals surface area contributed by atoms with Crippen LogP contribution in [0.15, 0.2) is 24.3 Å². The molecule has 2 rings (SSSR count). The number of nitrogens with zero attached hydrogens (tertiary/aromatic N) is 1. The third-order valence-electron chi connectivity index (χ3n) is 3.54. The number of hydrogen-bond acceptors (Lipinski definition) is 2. The van der Waals surface area contributed by atoms with Crippen molar-refractivity contribution in [3.8, 4) is 0 Å². The van der Waals surface area contributed by atoms with Gasteiger partial charge in [0.15, 0.2) is 0 Å². The first kappa shape index (κ1) is 13.9. The summed E-state index contributed by atoms with van der Waals surface area (Å²) in [6, 6.07) is 6.43. The molecule has 0 saturated carbocycles. The van der Waals surface area contributed by atoms with Crippen molar-refractivity contribution in [1.82, 2.24) is 4.90 Å². The van der Waals surface area contributed by atoms with Crippen LogP contribution in [-0.4, -0.2) is 34.5 Å². The Bertz CT molecular complexity index is 503. The van der Waals surface area contributed by atoms with Gasteiger partial charge in [0.2, 0.25) is 5.91 Å². The van der Waals surface area contributed by atoms with Crippen LogP contribution in [0.2, 0.25) is 5.02 Å². The molecule has 1 amide bonds. The third-order valence-corrected chi connectivity index (χ3v) is 3.78. The molecule has 5 heteroatoms. The molecule has 0 spiro atoms. The zero-order valence-corrected chi connectivity index (χ0v) is 11.4. The van der Waals surface area contributed by atoms with Gasteiger partial charge in [-0.1, -0.05) is 23.7 Å². The van der Waals surface area contributed by atoms with Crippen molar-refractivity contribution >= 4 is 23.5 Å². The molecule has 1 aliphatic heterocycles. The Balaban J connectivity index is 2.17. The first-order valence-electron chi connectivity index (χ1n) is 6.29. The summed E-state index contributed by atoms with van der Waals surface area (Å²) in [5, 5.41) is 9.69. The van der Waals surface area contributed by atoms with Crippen LogP contribution in [0, 0.1) is 0 Å². The van der Waals surface area contributed by atoms with Crippen LogP contribution in [0.25, 0.3) is 0 Å². The van der Waals surface area contributed by atoms with E-state index in [1.807, 2.05) is 6.07 Å². The minimum atomic E-state index is -0.927. The highest BCUT2D eigenvalue weighted by molar-refractivity contribution is 6.30. The average molecular weight is 282 g/mol. The molecule has 0 unspecified atom stereocenters. The third kappa shape index (κ3) is 2.89. The van der Waals surface area contributed by atoms with Gasteiger partial charge in [-0.3, -0.25) is 4.79 Å². The SMILES string of the molecule is C[C@@H](C(=O)N1CCC[C@@H]1C(=O)O)c1cccc(Cl)c1. The van der Waals surface area contributed by atoms with E-state index in [0.717, 1.165) is 12.0 Å². The number of carbonyl (C=O) groups is 2. The second kappa shape index (κ2) is 5.61. The van der Waals surface area contributed by atoms with E-state index in [4.69, 9.17) is 16.7 Å². The first-order chi connectivity index (χ1) is 9.00. The standard InChI is InChI=1S/C14H16ClNO3/c1-9(10-4-2-5-11(15)8-10)13(17)16-7-3-6-12(16)14(18)19/h2,4-5,8-9,12H,3,6-7H2,1H3,(H,18,19)/t9-,12-/m1/s1. The van der Waals surface area contributed by atoms with Gasteiger partial charge in [-0.25, -0.2) is 4.79 Å². The van der Waals surface area contributed by atoms with E-state index >= 15 is 0 Å². The number of carboxylic acids is 1. The number of benzene rings is 1. The second-order valence-electron chi connectivity index (χ2n) is 4.80. The summed E-state index contributed by atoms with van der Waals surface area (Å²) in [7, 11) is 0. The monoisotopic (exact) mass is 281 g/mol. The van der Waals surface area contributed by atoms with Crippen LogP contribution in [0.1, 0.15) is 31.2 Å². The Morgan fingerprint density at radius 1 is 1.47 bits per heavy atom.